The molecule has 2 N–H and O–H groups in total. The van der Waals surface area contributed by atoms with E-state index < -0.39 is 22.8 Å². The minimum Gasteiger partial charge on any atom is -0.478 e. The fraction of sp³-hybridized carbons (Fsp3) is 0. The van der Waals surface area contributed by atoms with Crippen LogP contribution < -0.4 is 0 Å². The van der Waals surface area contributed by atoms with E-state index in [0.29, 0.717) is 0 Å². The molecule has 3 rings (SSSR count). The molecule has 4 nitrogen and oxygen atoms in total. The largest absolute Gasteiger partial charge is 0.478 e. The minimum absolute atomic E-state index is 0.238. The van der Waals surface area contributed by atoms with Crippen LogP contribution in [0.4, 0.5) is 0 Å². The number of aromatic carboxylic acids is 2. The first-order valence-corrected chi connectivity index (χ1v) is 8.75. The van der Waals surface area contributed by atoms with E-state index in [1.807, 2.05) is 54.6 Å². The Labute approximate surface area is 147 Å². The summed E-state index contributed by atoms with van der Waals surface area (Å²) in [5.41, 5.74) is 0.475. The maximum absolute atomic E-state index is 11.1. The molecule has 0 heterocycles. The molecule has 3 aromatic carbocycles. The highest BCUT2D eigenvalue weighted by Crippen LogP contribution is 2.31. The Bertz CT molecular complexity index is 830. The molecular formula is C20H15O4S+. The van der Waals surface area contributed by atoms with Gasteiger partial charge in [0.1, 0.15) is 0 Å². The van der Waals surface area contributed by atoms with E-state index in [2.05, 4.69) is 0 Å². The molecule has 0 aromatic heterocycles. The Morgan fingerprint density at radius 1 is 0.560 bits per heavy atom. The van der Waals surface area contributed by atoms with Gasteiger partial charge in [0.05, 0.1) is 22.0 Å². The van der Waals surface area contributed by atoms with Gasteiger partial charge in [-0.1, -0.05) is 18.2 Å². The van der Waals surface area contributed by atoms with E-state index in [0.717, 1.165) is 14.7 Å². The molecule has 0 aliphatic rings. The van der Waals surface area contributed by atoms with Gasteiger partial charge in [-0.2, -0.15) is 0 Å². The number of rotatable bonds is 5. The van der Waals surface area contributed by atoms with Crippen LogP contribution in [0, 0.1) is 0 Å². The second kappa shape index (κ2) is 7.23. The summed E-state index contributed by atoms with van der Waals surface area (Å²) in [6, 6.07) is 23.5. The first-order valence-electron chi connectivity index (χ1n) is 7.52. The standard InChI is InChI=1S/C20H14O4S/c21-19(22)14-6-10-17(11-7-14)25(16-4-2-1-3-5-16)18-12-8-15(9-13-18)20(23)24/h1-13H,(H-,21,22,23,24)/p+1. The van der Waals surface area contributed by atoms with Crippen molar-refractivity contribution in [2.24, 2.45) is 0 Å². The first-order chi connectivity index (χ1) is 12.1. The van der Waals surface area contributed by atoms with Crippen molar-refractivity contribution in [2.45, 2.75) is 14.7 Å². The molecule has 0 atom stereocenters. The lowest BCUT2D eigenvalue weighted by molar-refractivity contribution is 0.0686. The fourth-order valence-corrected chi connectivity index (χ4v) is 4.49. The molecule has 0 radical (unpaired) electrons. The molecule has 124 valence electrons. The molecule has 0 bridgehead atoms. The minimum atomic E-state index is -0.961. The molecule has 0 spiro atoms. The van der Waals surface area contributed by atoms with Crippen molar-refractivity contribution < 1.29 is 19.8 Å². The predicted octanol–water partition coefficient (Wildman–Crippen LogP) is 4.18. The van der Waals surface area contributed by atoms with Crippen LogP contribution in [0.25, 0.3) is 0 Å². The Balaban J connectivity index is 2.07. The van der Waals surface area contributed by atoms with Crippen molar-refractivity contribution >= 4 is 22.8 Å². The maximum atomic E-state index is 11.1. The molecule has 5 heteroatoms. The van der Waals surface area contributed by atoms with Crippen molar-refractivity contribution in [1.82, 2.24) is 0 Å². The highest BCUT2D eigenvalue weighted by molar-refractivity contribution is 7.97. The number of carboxylic acids is 2. The second-order valence-electron chi connectivity index (χ2n) is 5.28. The van der Waals surface area contributed by atoms with Gasteiger partial charge in [-0.05, 0) is 60.7 Å². The molecule has 0 amide bonds. The molecule has 25 heavy (non-hydrogen) atoms. The van der Waals surface area contributed by atoms with Crippen LogP contribution in [-0.4, -0.2) is 22.2 Å². The number of hydrogen-bond acceptors (Lipinski definition) is 2. The first kappa shape index (κ1) is 16.8. The van der Waals surface area contributed by atoms with Crippen LogP contribution in [0.3, 0.4) is 0 Å². The van der Waals surface area contributed by atoms with E-state index >= 15 is 0 Å². The zero-order valence-corrected chi connectivity index (χ0v) is 13.9. The molecule has 0 fully saturated rings. The summed E-state index contributed by atoms with van der Waals surface area (Å²) in [4.78, 5) is 25.2. The Morgan fingerprint density at radius 3 is 1.28 bits per heavy atom. The van der Waals surface area contributed by atoms with Crippen molar-refractivity contribution in [3.8, 4) is 0 Å². The smallest absolute Gasteiger partial charge is 0.335 e. The van der Waals surface area contributed by atoms with Gasteiger partial charge in [-0.25, -0.2) is 9.59 Å². The third-order valence-electron chi connectivity index (χ3n) is 3.65. The average Bonchev–Trinajstić information content (AvgIpc) is 2.64. The van der Waals surface area contributed by atoms with Crippen LogP contribution >= 0.6 is 0 Å². The number of hydrogen-bond donors (Lipinski definition) is 2. The summed E-state index contributed by atoms with van der Waals surface area (Å²) < 4.78 is 0. The highest BCUT2D eigenvalue weighted by atomic mass is 32.2. The molecule has 0 unspecified atom stereocenters. The van der Waals surface area contributed by atoms with E-state index in [-0.39, 0.29) is 11.1 Å². The molecule has 3 aromatic rings. The SMILES string of the molecule is O=C(O)c1ccc([S+](c2ccccc2)c2ccc(C(=O)O)cc2)cc1. The molecule has 0 aliphatic carbocycles. The van der Waals surface area contributed by atoms with Gasteiger partial charge in [0.15, 0.2) is 14.7 Å². The van der Waals surface area contributed by atoms with Crippen LogP contribution in [0.5, 0.6) is 0 Å². The highest BCUT2D eigenvalue weighted by Gasteiger charge is 2.28. The molecular weight excluding hydrogens is 336 g/mol. The van der Waals surface area contributed by atoms with Crippen LogP contribution in [0.2, 0.25) is 0 Å². The van der Waals surface area contributed by atoms with Gasteiger partial charge < -0.3 is 10.2 Å². The van der Waals surface area contributed by atoms with Crippen molar-refractivity contribution in [1.29, 1.82) is 0 Å². The normalized spacial score (nSPS) is 10.6. The third-order valence-corrected chi connectivity index (χ3v) is 5.88. The van der Waals surface area contributed by atoms with Crippen LogP contribution in [-0.2, 0) is 10.9 Å². The monoisotopic (exact) mass is 351 g/mol. The van der Waals surface area contributed by atoms with Gasteiger partial charge in [0, 0.05) is 0 Å². The fourth-order valence-electron chi connectivity index (χ4n) is 2.43. The lowest BCUT2D eigenvalue weighted by Crippen LogP contribution is -2.06. The van der Waals surface area contributed by atoms with Crippen LogP contribution in [0.15, 0.2) is 93.5 Å². The van der Waals surface area contributed by atoms with Gasteiger partial charge >= 0.3 is 11.9 Å². The number of carbonyl (C=O) groups is 2. The van der Waals surface area contributed by atoms with Crippen LogP contribution in [0.1, 0.15) is 20.7 Å². The lowest BCUT2D eigenvalue weighted by atomic mass is 10.2. The topological polar surface area (TPSA) is 74.6 Å². The zero-order chi connectivity index (χ0) is 17.8. The molecule has 0 aliphatic heterocycles. The maximum Gasteiger partial charge on any atom is 0.335 e. The van der Waals surface area contributed by atoms with E-state index in [4.69, 9.17) is 10.2 Å². The van der Waals surface area contributed by atoms with E-state index in [1.54, 1.807) is 24.3 Å². The van der Waals surface area contributed by atoms with Crippen molar-refractivity contribution in [2.75, 3.05) is 0 Å². The lowest BCUT2D eigenvalue weighted by Gasteiger charge is -2.08. The predicted molar refractivity (Wildman–Crippen MR) is 95.4 cm³/mol. The summed E-state index contributed by atoms with van der Waals surface area (Å²) in [6.45, 7) is 0. The summed E-state index contributed by atoms with van der Waals surface area (Å²) in [7, 11) is -0.443. The summed E-state index contributed by atoms with van der Waals surface area (Å²) >= 11 is 0. The van der Waals surface area contributed by atoms with Gasteiger partial charge in [0.25, 0.3) is 0 Å². The number of carboxylic acid groups (broad SMARTS) is 2. The molecule has 0 saturated carbocycles. The molecule has 0 saturated heterocycles. The summed E-state index contributed by atoms with van der Waals surface area (Å²) in [5, 5.41) is 18.2. The van der Waals surface area contributed by atoms with E-state index in [9.17, 15) is 9.59 Å². The third kappa shape index (κ3) is 3.72. The van der Waals surface area contributed by atoms with E-state index in [1.165, 1.54) is 0 Å². The van der Waals surface area contributed by atoms with Gasteiger partial charge in [-0.15, -0.1) is 0 Å². The Morgan fingerprint density at radius 2 is 0.920 bits per heavy atom. The summed E-state index contributed by atoms with van der Waals surface area (Å²) in [6.07, 6.45) is 0. The second-order valence-corrected chi connectivity index (χ2v) is 7.30. The zero-order valence-electron chi connectivity index (χ0n) is 13.1. The summed E-state index contributed by atoms with van der Waals surface area (Å²) in [5.74, 6) is -1.92. The number of benzene rings is 3. The quantitative estimate of drug-likeness (QED) is 0.676. The average molecular weight is 351 g/mol. The van der Waals surface area contributed by atoms with Crippen molar-refractivity contribution in [3.05, 3.63) is 90.0 Å². The van der Waals surface area contributed by atoms with Gasteiger partial charge in [0.2, 0.25) is 0 Å². The Kier molecular flexibility index (Phi) is 4.86. The Hall–Kier alpha value is -3.05. The van der Waals surface area contributed by atoms with Crippen molar-refractivity contribution in [3.63, 3.8) is 0 Å². The van der Waals surface area contributed by atoms with Gasteiger partial charge in [-0.3, -0.25) is 0 Å².